The van der Waals surface area contributed by atoms with Crippen molar-refractivity contribution in [2.75, 3.05) is 13.1 Å². The Bertz CT molecular complexity index is 348. The van der Waals surface area contributed by atoms with Gasteiger partial charge in [-0.2, -0.15) is 0 Å². The van der Waals surface area contributed by atoms with Gasteiger partial charge in [-0.05, 0) is 40.5 Å². The number of amides is 3. The van der Waals surface area contributed by atoms with Gasteiger partial charge >= 0.3 is 6.03 Å². The number of hydrogen-bond acceptors (Lipinski definition) is 4. The van der Waals surface area contributed by atoms with Crippen molar-refractivity contribution in [3.63, 3.8) is 0 Å². The van der Waals surface area contributed by atoms with E-state index in [1.54, 1.807) is 0 Å². The first-order valence-corrected chi connectivity index (χ1v) is 7.37. The van der Waals surface area contributed by atoms with Gasteiger partial charge in [0.05, 0.1) is 25.2 Å². The molecule has 0 aliphatic rings. The van der Waals surface area contributed by atoms with Crippen LogP contribution in [-0.4, -0.2) is 43.1 Å². The van der Waals surface area contributed by atoms with Crippen LogP contribution in [0.1, 0.15) is 47.0 Å². The second kappa shape index (κ2) is 10.1. The monoisotopic (exact) mass is 301 g/mol. The number of nitrogens with one attached hydrogen (secondary N) is 3. The average Bonchev–Trinajstić information content (AvgIpc) is 2.32. The Kier molecular flexibility index (Phi) is 9.36. The zero-order valence-corrected chi connectivity index (χ0v) is 13.3. The van der Waals surface area contributed by atoms with E-state index < -0.39 is 17.9 Å². The van der Waals surface area contributed by atoms with Crippen molar-refractivity contribution in [1.82, 2.24) is 10.6 Å². The molecule has 0 aliphatic heterocycles. The van der Waals surface area contributed by atoms with Gasteiger partial charge in [0.25, 0.3) is 0 Å². The summed E-state index contributed by atoms with van der Waals surface area (Å²) in [5.41, 5.74) is 0. The highest BCUT2D eigenvalue weighted by atomic mass is 16.4. The molecular weight excluding hydrogens is 274 g/mol. The number of rotatable bonds is 9. The number of imide groups is 1. The molecule has 122 valence electrons. The summed E-state index contributed by atoms with van der Waals surface area (Å²) in [6, 6.07) is 0.377. The molecule has 0 spiro atoms. The maximum absolute atomic E-state index is 11.5. The second-order valence-electron chi connectivity index (χ2n) is 5.66. The molecule has 7 nitrogen and oxygen atoms in total. The standard InChI is InChI=1S/C14H27N3O4/c1-10(2)17(11(3)4)9-8-15-14(21)16-12(18)6-5-7-13(19)20/h10-11H,5-9H2,1-4H3,(H,19,20)(H2,15,16,18,21). The highest BCUT2D eigenvalue weighted by molar-refractivity contribution is 5.94. The lowest BCUT2D eigenvalue weighted by Crippen LogP contribution is -3.18. The number of carbonyl (C=O) groups excluding carboxylic acids is 3. The number of aliphatic carboxylic acids is 1. The Balaban J connectivity index is 3.89. The molecule has 0 aliphatic carbocycles. The lowest BCUT2D eigenvalue weighted by atomic mass is 10.2. The van der Waals surface area contributed by atoms with Gasteiger partial charge in [-0.1, -0.05) is 0 Å². The summed E-state index contributed by atoms with van der Waals surface area (Å²) in [5, 5.41) is 15.0. The molecule has 0 fully saturated rings. The highest BCUT2D eigenvalue weighted by Gasteiger charge is 2.16. The molecule has 0 radical (unpaired) electrons. The van der Waals surface area contributed by atoms with Gasteiger partial charge in [-0.3, -0.25) is 10.1 Å². The van der Waals surface area contributed by atoms with Crippen molar-refractivity contribution >= 4 is 17.9 Å². The third-order valence-electron chi connectivity index (χ3n) is 3.22. The first-order valence-electron chi connectivity index (χ1n) is 7.37. The minimum atomic E-state index is -1.20. The summed E-state index contributed by atoms with van der Waals surface area (Å²) in [4.78, 5) is 34.4. The third kappa shape index (κ3) is 9.84. The van der Waals surface area contributed by atoms with Crippen LogP contribution < -0.4 is 20.6 Å². The number of hydrogen-bond donors (Lipinski definition) is 3. The average molecular weight is 301 g/mol. The number of carboxylic acid groups (broad SMARTS) is 1. The molecule has 0 atom stereocenters. The molecule has 21 heavy (non-hydrogen) atoms. The van der Waals surface area contributed by atoms with Gasteiger partial charge in [0.2, 0.25) is 5.91 Å². The Morgan fingerprint density at radius 1 is 1.05 bits per heavy atom. The van der Waals surface area contributed by atoms with E-state index in [-0.39, 0.29) is 19.3 Å². The zero-order chi connectivity index (χ0) is 16.4. The van der Waals surface area contributed by atoms with E-state index in [9.17, 15) is 19.5 Å². The highest BCUT2D eigenvalue weighted by Crippen LogP contribution is 1.93. The van der Waals surface area contributed by atoms with E-state index >= 15 is 0 Å². The van der Waals surface area contributed by atoms with E-state index in [1.165, 1.54) is 4.90 Å². The minimum Gasteiger partial charge on any atom is -0.550 e. The van der Waals surface area contributed by atoms with Gasteiger partial charge in [0.1, 0.15) is 0 Å². The van der Waals surface area contributed by atoms with Crippen LogP contribution in [0.3, 0.4) is 0 Å². The van der Waals surface area contributed by atoms with Crippen LogP contribution in [0, 0.1) is 0 Å². The van der Waals surface area contributed by atoms with Crippen LogP contribution in [0.2, 0.25) is 0 Å². The van der Waals surface area contributed by atoms with E-state index in [0.717, 1.165) is 6.54 Å². The Labute approximate surface area is 126 Å². The number of carboxylic acids is 1. The predicted molar refractivity (Wildman–Crippen MR) is 76.5 cm³/mol. The van der Waals surface area contributed by atoms with Crippen molar-refractivity contribution in [2.45, 2.75) is 59.0 Å². The lowest BCUT2D eigenvalue weighted by Gasteiger charge is -2.27. The molecule has 0 aromatic heterocycles. The van der Waals surface area contributed by atoms with E-state index in [2.05, 4.69) is 38.3 Å². The molecule has 3 amide bonds. The zero-order valence-electron chi connectivity index (χ0n) is 13.3. The molecule has 0 bridgehead atoms. The van der Waals surface area contributed by atoms with E-state index in [0.29, 0.717) is 18.6 Å². The van der Waals surface area contributed by atoms with Gasteiger partial charge in [0, 0.05) is 12.4 Å². The first kappa shape index (κ1) is 19.4. The molecule has 0 saturated heterocycles. The summed E-state index contributed by atoms with van der Waals surface area (Å²) in [6.07, 6.45) is -0.0209. The van der Waals surface area contributed by atoms with E-state index in [4.69, 9.17) is 0 Å². The van der Waals surface area contributed by atoms with Crippen molar-refractivity contribution < 1.29 is 24.4 Å². The Morgan fingerprint density at radius 3 is 2.10 bits per heavy atom. The largest absolute Gasteiger partial charge is 0.550 e. The summed E-state index contributed by atoms with van der Waals surface area (Å²) >= 11 is 0. The number of urea groups is 1. The minimum absolute atomic E-state index is 0.00321. The molecule has 0 rings (SSSR count). The fourth-order valence-electron chi connectivity index (χ4n) is 2.19. The van der Waals surface area contributed by atoms with Gasteiger partial charge < -0.3 is 20.1 Å². The van der Waals surface area contributed by atoms with Gasteiger partial charge in [-0.15, -0.1) is 0 Å². The lowest BCUT2D eigenvalue weighted by molar-refractivity contribution is -0.941. The van der Waals surface area contributed by atoms with Crippen molar-refractivity contribution in [3.05, 3.63) is 0 Å². The summed E-state index contributed by atoms with van der Waals surface area (Å²) < 4.78 is 0. The molecule has 0 aromatic rings. The molecular formula is C14H27N3O4. The fourth-order valence-corrected chi connectivity index (χ4v) is 2.19. The molecule has 0 saturated carbocycles. The predicted octanol–water partition coefficient (Wildman–Crippen LogP) is -1.57. The maximum atomic E-state index is 11.5. The Hall–Kier alpha value is -1.63. The molecule has 7 heteroatoms. The van der Waals surface area contributed by atoms with Crippen LogP contribution in [0.25, 0.3) is 0 Å². The quantitative estimate of drug-likeness (QED) is 0.479. The molecule has 0 aromatic carbocycles. The number of quaternary nitrogens is 1. The number of carbonyl (C=O) groups is 3. The Morgan fingerprint density at radius 2 is 1.62 bits per heavy atom. The topological polar surface area (TPSA) is 103 Å². The van der Waals surface area contributed by atoms with Crippen LogP contribution >= 0.6 is 0 Å². The van der Waals surface area contributed by atoms with Crippen molar-refractivity contribution in [1.29, 1.82) is 0 Å². The molecule has 0 unspecified atom stereocenters. The van der Waals surface area contributed by atoms with Crippen LogP contribution in [0.15, 0.2) is 0 Å². The summed E-state index contributed by atoms with van der Waals surface area (Å²) in [6.45, 7) is 9.74. The first-order chi connectivity index (χ1) is 9.73. The third-order valence-corrected chi connectivity index (χ3v) is 3.22. The normalized spacial score (nSPS) is 11.0. The fraction of sp³-hybridized carbons (Fsp3) is 0.786. The summed E-state index contributed by atoms with van der Waals surface area (Å²) in [7, 11) is 0. The molecule has 3 N–H and O–H groups in total. The van der Waals surface area contributed by atoms with Crippen LogP contribution in [-0.2, 0) is 9.59 Å². The van der Waals surface area contributed by atoms with E-state index in [1.807, 2.05) is 0 Å². The van der Waals surface area contributed by atoms with Crippen molar-refractivity contribution in [3.8, 4) is 0 Å². The van der Waals surface area contributed by atoms with Gasteiger partial charge in [-0.25, -0.2) is 4.79 Å². The van der Waals surface area contributed by atoms with Gasteiger partial charge in [0.15, 0.2) is 0 Å². The summed E-state index contributed by atoms with van der Waals surface area (Å²) in [5.74, 6) is -1.68. The maximum Gasteiger partial charge on any atom is 0.321 e. The second-order valence-corrected chi connectivity index (χ2v) is 5.66. The van der Waals surface area contributed by atoms with Crippen molar-refractivity contribution in [2.24, 2.45) is 0 Å². The van der Waals surface area contributed by atoms with Crippen LogP contribution in [0.4, 0.5) is 4.79 Å². The smallest absolute Gasteiger partial charge is 0.321 e. The molecule has 0 heterocycles. The SMILES string of the molecule is CC(C)[NH+](CCNC(=O)NC(=O)CCCC(=O)[O-])C(C)C. The van der Waals surface area contributed by atoms with Crippen LogP contribution in [0.5, 0.6) is 0 Å².